The van der Waals surface area contributed by atoms with Crippen molar-refractivity contribution in [3.05, 3.63) is 28.8 Å². The topological polar surface area (TPSA) is 49.4 Å². The zero-order valence-electron chi connectivity index (χ0n) is 10.4. The Morgan fingerprint density at radius 3 is 2.89 bits per heavy atom. The van der Waals surface area contributed by atoms with Gasteiger partial charge in [-0.25, -0.2) is 0 Å². The van der Waals surface area contributed by atoms with Crippen molar-refractivity contribution in [2.24, 2.45) is 5.92 Å². The first-order valence-electron chi connectivity index (χ1n) is 5.85. The number of rotatable bonds is 2. The van der Waals surface area contributed by atoms with Gasteiger partial charge in [0.15, 0.2) is 0 Å². The number of halogens is 1. The molecule has 5 heteroatoms. The molecule has 2 rings (SSSR count). The molecule has 1 aliphatic heterocycles. The molecule has 0 aliphatic carbocycles. The first-order valence-corrected chi connectivity index (χ1v) is 6.22. The molecule has 1 N–H and O–H groups in total. The Balaban J connectivity index is 2.44. The van der Waals surface area contributed by atoms with Crippen molar-refractivity contribution in [3.63, 3.8) is 0 Å². The number of amides is 2. The average Bonchev–Trinajstić information content (AvgIpc) is 2.79. The Labute approximate surface area is 116 Å². The second-order valence-electron chi connectivity index (χ2n) is 4.31. The number of hydrogen-bond donors (Lipinski definition) is 1. The summed E-state index contributed by atoms with van der Waals surface area (Å²) in [7, 11) is 1.54. The lowest BCUT2D eigenvalue weighted by Crippen LogP contribution is -2.28. The molecule has 1 aromatic carbocycles. The molecule has 98 valence electrons. The molecule has 0 spiro atoms. The van der Waals surface area contributed by atoms with Gasteiger partial charge in [-0.05, 0) is 18.2 Å². The third-order valence-electron chi connectivity index (χ3n) is 3.08. The SMILES string of the molecule is C#CC1CC(=O)N(c2cc(Cl)ccc2C(=O)NC)C1. The number of benzene rings is 1. The van der Waals surface area contributed by atoms with Crippen LogP contribution in [-0.4, -0.2) is 25.4 Å². The zero-order chi connectivity index (χ0) is 14.0. The number of hydrogen-bond acceptors (Lipinski definition) is 2. The van der Waals surface area contributed by atoms with Crippen LogP contribution in [0.3, 0.4) is 0 Å². The molecule has 0 bridgehead atoms. The molecule has 2 amide bonds. The van der Waals surface area contributed by atoms with Crippen molar-refractivity contribution >= 4 is 29.1 Å². The number of nitrogens with one attached hydrogen (secondary N) is 1. The maximum atomic E-state index is 12.0. The van der Waals surface area contributed by atoms with Crippen LogP contribution in [0.15, 0.2) is 18.2 Å². The summed E-state index contributed by atoms with van der Waals surface area (Å²) in [6.45, 7) is 0.416. The molecule has 1 saturated heterocycles. The van der Waals surface area contributed by atoms with Crippen molar-refractivity contribution in [1.29, 1.82) is 0 Å². The number of nitrogens with zero attached hydrogens (tertiary/aromatic N) is 1. The number of terminal acetylenes is 1. The molecular formula is C14H13ClN2O2. The summed E-state index contributed by atoms with van der Waals surface area (Å²) in [4.78, 5) is 25.3. The van der Waals surface area contributed by atoms with Gasteiger partial charge in [-0.1, -0.05) is 11.6 Å². The highest BCUT2D eigenvalue weighted by Gasteiger charge is 2.31. The van der Waals surface area contributed by atoms with Crippen LogP contribution in [0, 0.1) is 18.3 Å². The fraction of sp³-hybridized carbons (Fsp3) is 0.286. The minimum absolute atomic E-state index is 0.0876. The second-order valence-corrected chi connectivity index (χ2v) is 4.75. The molecule has 0 aromatic heterocycles. The van der Waals surface area contributed by atoms with Crippen molar-refractivity contribution in [2.75, 3.05) is 18.5 Å². The zero-order valence-corrected chi connectivity index (χ0v) is 11.2. The Bertz CT molecular complexity index is 577. The third kappa shape index (κ3) is 2.56. The van der Waals surface area contributed by atoms with E-state index >= 15 is 0 Å². The Hall–Kier alpha value is -1.99. The molecule has 4 nitrogen and oxygen atoms in total. The van der Waals surface area contributed by atoms with E-state index in [4.69, 9.17) is 18.0 Å². The van der Waals surface area contributed by atoms with Crippen LogP contribution < -0.4 is 10.2 Å². The molecule has 0 saturated carbocycles. The minimum atomic E-state index is -0.261. The van der Waals surface area contributed by atoms with Crippen molar-refractivity contribution < 1.29 is 9.59 Å². The normalized spacial score (nSPS) is 18.3. The van der Waals surface area contributed by atoms with E-state index < -0.39 is 0 Å². The van der Waals surface area contributed by atoms with Gasteiger partial charge in [-0.2, -0.15) is 0 Å². The Morgan fingerprint density at radius 1 is 1.58 bits per heavy atom. The van der Waals surface area contributed by atoms with E-state index in [9.17, 15) is 9.59 Å². The van der Waals surface area contributed by atoms with Crippen LogP contribution >= 0.6 is 11.6 Å². The fourth-order valence-electron chi connectivity index (χ4n) is 2.11. The summed E-state index contributed by atoms with van der Waals surface area (Å²) in [6.07, 6.45) is 5.66. The van der Waals surface area contributed by atoms with Crippen molar-refractivity contribution in [3.8, 4) is 12.3 Å². The van der Waals surface area contributed by atoms with E-state index in [2.05, 4.69) is 11.2 Å². The summed E-state index contributed by atoms with van der Waals surface area (Å²) in [5.74, 6) is 2.11. The van der Waals surface area contributed by atoms with Gasteiger partial charge in [0, 0.05) is 31.0 Å². The molecule has 19 heavy (non-hydrogen) atoms. The number of carbonyl (C=O) groups is 2. The monoisotopic (exact) mass is 276 g/mol. The van der Waals surface area contributed by atoms with Gasteiger partial charge in [-0.15, -0.1) is 12.3 Å². The quantitative estimate of drug-likeness (QED) is 0.836. The molecule has 1 aromatic rings. The smallest absolute Gasteiger partial charge is 0.253 e. The van der Waals surface area contributed by atoms with E-state index in [0.717, 1.165) is 0 Å². The van der Waals surface area contributed by atoms with Crippen molar-refractivity contribution in [1.82, 2.24) is 5.32 Å². The minimum Gasteiger partial charge on any atom is -0.355 e. The molecule has 1 fully saturated rings. The largest absolute Gasteiger partial charge is 0.355 e. The van der Waals surface area contributed by atoms with Gasteiger partial charge in [0.05, 0.1) is 11.3 Å². The van der Waals surface area contributed by atoms with Crippen molar-refractivity contribution in [2.45, 2.75) is 6.42 Å². The van der Waals surface area contributed by atoms with Crippen LogP contribution in [0.4, 0.5) is 5.69 Å². The van der Waals surface area contributed by atoms with Crippen LogP contribution in [0.25, 0.3) is 0 Å². The Morgan fingerprint density at radius 2 is 2.32 bits per heavy atom. The van der Waals surface area contributed by atoms with Crippen LogP contribution in [0.1, 0.15) is 16.8 Å². The maximum Gasteiger partial charge on any atom is 0.253 e. The Kier molecular flexibility index (Phi) is 3.77. The highest BCUT2D eigenvalue weighted by atomic mass is 35.5. The lowest BCUT2D eigenvalue weighted by molar-refractivity contribution is -0.117. The highest BCUT2D eigenvalue weighted by Crippen LogP contribution is 2.30. The standard InChI is InChI=1S/C14H13ClN2O2/c1-3-9-6-13(18)17(8-9)12-7-10(15)4-5-11(12)14(19)16-2/h1,4-5,7,9H,6,8H2,2H3,(H,16,19). The molecule has 0 radical (unpaired) electrons. The molecule has 1 aliphatic rings. The third-order valence-corrected chi connectivity index (χ3v) is 3.32. The van der Waals surface area contributed by atoms with Crippen LogP contribution in [0.2, 0.25) is 5.02 Å². The highest BCUT2D eigenvalue weighted by molar-refractivity contribution is 6.31. The van der Waals surface area contributed by atoms with E-state index in [-0.39, 0.29) is 17.7 Å². The summed E-state index contributed by atoms with van der Waals surface area (Å²) in [5, 5.41) is 3.02. The number of anilines is 1. The molecule has 1 unspecified atom stereocenters. The summed E-state index contributed by atoms with van der Waals surface area (Å²) < 4.78 is 0. The predicted molar refractivity (Wildman–Crippen MR) is 74.1 cm³/mol. The van der Waals surface area contributed by atoms with Crippen LogP contribution in [-0.2, 0) is 4.79 Å². The summed E-state index contributed by atoms with van der Waals surface area (Å²) in [5.41, 5.74) is 0.924. The van der Waals surface area contributed by atoms with Gasteiger partial charge in [-0.3, -0.25) is 9.59 Å². The average molecular weight is 277 g/mol. The van der Waals surface area contributed by atoms with E-state index in [1.54, 1.807) is 18.2 Å². The second kappa shape index (κ2) is 5.33. The summed E-state index contributed by atoms with van der Waals surface area (Å²) in [6, 6.07) is 4.84. The lowest BCUT2D eigenvalue weighted by atomic mass is 10.1. The van der Waals surface area contributed by atoms with Gasteiger partial charge in [0.25, 0.3) is 5.91 Å². The van der Waals surface area contributed by atoms with E-state index in [1.165, 1.54) is 11.9 Å². The van der Waals surface area contributed by atoms with Gasteiger partial charge < -0.3 is 10.2 Å². The fourth-order valence-corrected chi connectivity index (χ4v) is 2.27. The van der Waals surface area contributed by atoms with Crippen LogP contribution in [0.5, 0.6) is 0 Å². The van der Waals surface area contributed by atoms with Gasteiger partial charge >= 0.3 is 0 Å². The molecule has 1 atom stereocenters. The number of carbonyl (C=O) groups excluding carboxylic acids is 2. The van der Waals surface area contributed by atoms with E-state index in [0.29, 0.717) is 29.2 Å². The summed E-state index contributed by atoms with van der Waals surface area (Å²) >= 11 is 5.95. The lowest BCUT2D eigenvalue weighted by Gasteiger charge is -2.19. The van der Waals surface area contributed by atoms with E-state index in [1.807, 2.05) is 0 Å². The van der Waals surface area contributed by atoms with Gasteiger partial charge in [0.1, 0.15) is 0 Å². The molecule has 1 heterocycles. The first-order chi connectivity index (χ1) is 9.06. The van der Waals surface area contributed by atoms with Gasteiger partial charge in [0.2, 0.25) is 5.91 Å². The maximum absolute atomic E-state index is 12.0. The molecular weight excluding hydrogens is 264 g/mol. The predicted octanol–water partition coefficient (Wildman–Crippen LogP) is 1.69. The first kappa shape index (κ1) is 13.4.